The molecule has 0 spiro atoms. The van der Waals surface area contributed by atoms with E-state index in [-0.39, 0.29) is 23.7 Å². The molecule has 2 aromatic rings. The van der Waals surface area contributed by atoms with Crippen LogP contribution in [0.1, 0.15) is 72.3 Å². The lowest BCUT2D eigenvalue weighted by molar-refractivity contribution is -0.148. The first-order valence-corrected chi connectivity index (χ1v) is 12.3. The van der Waals surface area contributed by atoms with Gasteiger partial charge in [-0.1, -0.05) is 19.9 Å². The van der Waals surface area contributed by atoms with Gasteiger partial charge in [-0.15, -0.1) is 11.3 Å². The van der Waals surface area contributed by atoms with Crippen molar-refractivity contribution in [1.29, 1.82) is 0 Å². The fraction of sp³-hybridized carbons (Fsp3) is 0.480. The van der Waals surface area contributed by atoms with E-state index in [0.29, 0.717) is 29.8 Å². The molecule has 8 nitrogen and oxygen atoms in total. The third kappa shape index (κ3) is 6.50. The maximum Gasteiger partial charge on any atom is 0.303 e. The molecule has 0 aliphatic heterocycles. The highest BCUT2D eigenvalue weighted by molar-refractivity contribution is 7.09. The first-order valence-electron chi connectivity index (χ1n) is 11.5. The highest BCUT2D eigenvalue weighted by atomic mass is 32.1. The van der Waals surface area contributed by atoms with E-state index in [2.05, 4.69) is 10.3 Å². The number of hydrogen-bond donors (Lipinski definition) is 1. The number of nitrogens with one attached hydrogen (secondary N) is 1. The van der Waals surface area contributed by atoms with Gasteiger partial charge in [-0.3, -0.25) is 14.4 Å². The minimum absolute atomic E-state index is 0.111. The first kappa shape index (κ1) is 26.5. The fourth-order valence-corrected chi connectivity index (χ4v) is 5.36. The Hall–Kier alpha value is -3.14. The van der Waals surface area contributed by atoms with Crippen molar-refractivity contribution in [2.75, 3.05) is 7.05 Å². The summed E-state index contributed by atoms with van der Waals surface area (Å²) in [6.07, 6.45) is 2.00. The lowest BCUT2D eigenvalue weighted by Gasteiger charge is -2.30. The summed E-state index contributed by atoms with van der Waals surface area (Å²) in [6.45, 7) is 5.25. The van der Waals surface area contributed by atoms with Crippen molar-refractivity contribution in [3.05, 3.63) is 51.2 Å². The van der Waals surface area contributed by atoms with Crippen LogP contribution in [0.4, 0.5) is 4.39 Å². The van der Waals surface area contributed by atoms with E-state index in [1.54, 1.807) is 23.4 Å². The molecule has 1 aliphatic rings. The molecule has 3 unspecified atom stereocenters. The second kappa shape index (κ2) is 11.5. The molecule has 188 valence electrons. The predicted octanol–water partition coefficient (Wildman–Crippen LogP) is 3.42. The average molecular weight is 504 g/mol. The van der Waals surface area contributed by atoms with Crippen LogP contribution in [0.15, 0.2) is 23.6 Å². The Morgan fingerprint density at radius 3 is 2.71 bits per heavy atom. The van der Waals surface area contributed by atoms with Crippen molar-refractivity contribution in [2.45, 2.75) is 64.1 Å². The Balaban J connectivity index is 1.74. The van der Waals surface area contributed by atoms with Crippen molar-refractivity contribution in [3.63, 3.8) is 0 Å². The number of esters is 1. The van der Waals surface area contributed by atoms with Gasteiger partial charge in [0.25, 0.3) is 5.91 Å². The van der Waals surface area contributed by atoms with Crippen molar-refractivity contribution in [2.24, 2.45) is 5.92 Å². The van der Waals surface area contributed by atoms with E-state index in [1.165, 1.54) is 30.4 Å². The number of amides is 2. The summed E-state index contributed by atoms with van der Waals surface area (Å²) in [5.74, 6) is -1.67. The molecule has 0 saturated carbocycles. The summed E-state index contributed by atoms with van der Waals surface area (Å²) < 4.78 is 19.1. The lowest BCUT2D eigenvalue weighted by atomic mass is 9.81. The third-order valence-corrected chi connectivity index (χ3v) is 7.20. The SMILES string of the molecule is CC(=O)OC(CC(C(C)C)N(C)C=O)c1nc(C(=O)NC2Cc3ccc(F)cc3[C@H](C=O)C2)cs1. The zero-order chi connectivity index (χ0) is 25.7. The molecule has 2 amide bonds. The number of fused-ring (bicyclic) bond motifs is 1. The average Bonchev–Trinajstić information content (AvgIpc) is 3.31. The molecule has 10 heteroatoms. The molecule has 0 bridgehead atoms. The second-order valence-corrected chi connectivity index (χ2v) is 10.1. The van der Waals surface area contributed by atoms with Crippen LogP contribution in [0.5, 0.6) is 0 Å². The van der Waals surface area contributed by atoms with E-state index in [0.717, 1.165) is 18.3 Å². The summed E-state index contributed by atoms with van der Waals surface area (Å²) in [6, 6.07) is 3.87. The quantitative estimate of drug-likeness (QED) is 0.393. The standard InChI is InChI=1S/C25H30FN3O5S/c1-14(2)22(29(4)13-31)10-23(34-15(3)32)25-28-21(12-35-25)24(33)27-19-7-16-5-6-18(26)9-20(16)17(8-19)11-30/h5-6,9,11-14,17,19,22-23H,7-8,10H2,1-4H3,(H,27,33)/t17-,19?,22?,23?/m0/s1. The van der Waals surface area contributed by atoms with E-state index >= 15 is 0 Å². The van der Waals surface area contributed by atoms with E-state index in [9.17, 15) is 23.6 Å². The van der Waals surface area contributed by atoms with Gasteiger partial charge < -0.3 is 19.7 Å². The van der Waals surface area contributed by atoms with Crippen molar-refractivity contribution in [1.82, 2.24) is 15.2 Å². The number of aromatic nitrogens is 1. The maximum atomic E-state index is 13.6. The molecular weight excluding hydrogens is 473 g/mol. The molecule has 1 aromatic heterocycles. The Morgan fingerprint density at radius 1 is 1.34 bits per heavy atom. The number of ether oxygens (including phenoxy) is 1. The summed E-state index contributed by atoms with van der Waals surface area (Å²) in [4.78, 5) is 53.6. The number of rotatable bonds is 10. The molecule has 1 heterocycles. The third-order valence-electron chi connectivity index (χ3n) is 6.26. The summed E-state index contributed by atoms with van der Waals surface area (Å²) >= 11 is 1.20. The van der Waals surface area contributed by atoms with Crippen LogP contribution in [0, 0.1) is 11.7 Å². The van der Waals surface area contributed by atoms with E-state index in [4.69, 9.17) is 4.74 Å². The Morgan fingerprint density at radius 2 is 2.09 bits per heavy atom. The number of aldehydes is 1. The van der Waals surface area contributed by atoms with Crippen molar-refractivity contribution >= 4 is 35.9 Å². The highest BCUT2D eigenvalue weighted by Crippen LogP contribution is 2.32. The number of halogens is 1. The molecule has 4 atom stereocenters. The molecule has 3 rings (SSSR count). The number of thiazole rings is 1. The Labute approximate surface area is 207 Å². The maximum absolute atomic E-state index is 13.6. The van der Waals surface area contributed by atoms with Gasteiger partial charge in [0.05, 0.1) is 0 Å². The van der Waals surface area contributed by atoms with Gasteiger partial charge in [-0.25, -0.2) is 9.37 Å². The number of hydrogen-bond acceptors (Lipinski definition) is 7. The Bertz CT molecular complexity index is 1090. The summed E-state index contributed by atoms with van der Waals surface area (Å²) in [5, 5.41) is 4.98. The van der Waals surface area contributed by atoms with Gasteiger partial charge in [-0.05, 0) is 42.0 Å². The number of benzene rings is 1. The van der Waals surface area contributed by atoms with Gasteiger partial charge in [-0.2, -0.15) is 0 Å². The topological polar surface area (TPSA) is 106 Å². The van der Waals surface area contributed by atoms with Crippen LogP contribution in [-0.4, -0.2) is 53.6 Å². The summed E-state index contributed by atoms with van der Waals surface area (Å²) in [7, 11) is 1.67. The molecular formula is C25H30FN3O5S. The number of carbonyl (C=O) groups is 4. The molecule has 1 aliphatic carbocycles. The molecule has 1 aromatic carbocycles. The van der Waals surface area contributed by atoms with Crippen LogP contribution in [0.25, 0.3) is 0 Å². The highest BCUT2D eigenvalue weighted by Gasteiger charge is 2.31. The van der Waals surface area contributed by atoms with Gasteiger partial charge in [0.1, 0.15) is 22.8 Å². The van der Waals surface area contributed by atoms with Gasteiger partial charge in [0, 0.05) is 43.8 Å². The molecule has 0 saturated heterocycles. The number of carbonyl (C=O) groups excluding carboxylic acids is 4. The lowest BCUT2D eigenvalue weighted by Crippen LogP contribution is -2.40. The monoisotopic (exact) mass is 503 g/mol. The number of nitrogens with zero attached hydrogens (tertiary/aromatic N) is 2. The zero-order valence-electron chi connectivity index (χ0n) is 20.2. The van der Waals surface area contributed by atoms with Crippen LogP contribution in [0.3, 0.4) is 0 Å². The molecule has 35 heavy (non-hydrogen) atoms. The van der Waals surface area contributed by atoms with E-state index < -0.39 is 29.7 Å². The zero-order valence-corrected chi connectivity index (χ0v) is 21.0. The predicted molar refractivity (Wildman–Crippen MR) is 128 cm³/mol. The van der Waals surface area contributed by atoms with E-state index in [1.807, 2.05) is 13.8 Å². The van der Waals surface area contributed by atoms with Crippen LogP contribution in [0.2, 0.25) is 0 Å². The van der Waals surface area contributed by atoms with Crippen LogP contribution < -0.4 is 5.32 Å². The smallest absolute Gasteiger partial charge is 0.303 e. The molecule has 1 N–H and O–H groups in total. The minimum Gasteiger partial charge on any atom is -0.455 e. The van der Waals surface area contributed by atoms with Crippen molar-refractivity contribution in [3.8, 4) is 0 Å². The minimum atomic E-state index is -0.704. The van der Waals surface area contributed by atoms with Crippen LogP contribution in [-0.2, 0) is 25.5 Å². The largest absolute Gasteiger partial charge is 0.455 e. The fourth-order valence-electron chi connectivity index (χ4n) is 4.52. The van der Waals surface area contributed by atoms with Crippen LogP contribution >= 0.6 is 11.3 Å². The van der Waals surface area contributed by atoms with Gasteiger partial charge in [0.15, 0.2) is 6.10 Å². The molecule has 0 radical (unpaired) electrons. The first-order chi connectivity index (χ1) is 16.6. The second-order valence-electron chi connectivity index (χ2n) is 9.18. The molecule has 0 fully saturated rings. The normalized spacial score (nSPS) is 18.8. The van der Waals surface area contributed by atoms with Gasteiger partial charge >= 0.3 is 5.97 Å². The summed E-state index contributed by atoms with van der Waals surface area (Å²) in [5.41, 5.74) is 1.66. The Kier molecular flexibility index (Phi) is 8.71. The van der Waals surface area contributed by atoms with Gasteiger partial charge in [0.2, 0.25) is 6.41 Å². The van der Waals surface area contributed by atoms with Crippen molar-refractivity contribution < 1.29 is 28.3 Å².